The number of hydrogen-bond acceptors (Lipinski definition) is 3. The van der Waals surface area contributed by atoms with Crippen molar-refractivity contribution in [2.24, 2.45) is 0 Å². The lowest BCUT2D eigenvalue weighted by molar-refractivity contribution is 0.350. The first kappa shape index (κ1) is 13.8. The van der Waals surface area contributed by atoms with Crippen LogP contribution < -0.4 is 0 Å². The second-order valence-corrected chi connectivity index (χ2v) is 7.91. The maximum atomic E-state index is 11.8. The van der Waals surface area contributed by atoms with Crippen LogP contribution in [0.3, 0.4) is 0 Å². The second kappa shape index (κ2) is 4.92. The van der Waals surface area contributed by atoms with Gasteiger partial charge in [-0.2, -0.15) is 0 Å². The highest BCUT2D eigenvalue weighted by molar-refractivity contribution is 8.30. The van der Waals surface area contributed by atoms with Crippen molar-refractivity contribution >= 4 is 66.4 Å². The van der Waals surface area contributed by atoms with Crippen molar-refractivity contribution in [3.8, 4) is 0 Å². The molecule has 0 spiro atoms. The van der Waals surface area contributed by atoms with Gasteiger partial charge < -0.3 is 0 Å². The smallest absolute Gasteiger partial charge is 0.232 e. The Labute approximate surface area is 112 Å². The summed E-state index contributed by atoms with van der Waals surface area (Å²) in [6.45, 7) is 0. The molecule has 8 heteroatoms. The molecule has 0 aliphatic rings. The van der Waals surface area contributed by atoms with Gasteiger partial charge >= 0.3 is 3.98 Å². The predicted octanol–water partition coefficient (Wildman–Crippen LogP) is 3.70. The van der Waals surface area contributed by atoms with E-state index in [2.05, 4.69) is 4.18 Å². The van der Waals surface area contributed by atoms with E-state index in [1.807, 2.05) is 0 Å². The first-order chi connectivity index (χ1) is 6.71. The van der Waals surface area contributed by atoms with Gasteiger partial charge in [0.25, 0.3) is 0 Å². The number of rotatable bonds is 2. The summed E-state index contributed by atoms with van der Waals surface area (Å²) in [6, 6.07) is 5.94. The molecule has 1 rings (SSSR count). The van der Waals surface area contributed by atoms with Gasteiger partial charge in [-0.25, -0.2) is 8.39 Å². The van der Waals surface area contributed by atoms with Gasteiger partial charge in [0.1, 0.15) is 0 Å². The first-order valence-electron chi connectivity index (χ1n) is 3.49. The Morgan fingerprint density at radius 2 is 1.67 bits per heavy atom. The van der Waals surface area contributed by atoms with Crippen LogP contribution in [0.1, 0.15) is 0 Å². The SMILES string of the molecule is O=S(=S)(OC(Cl)(Cl)Cl)c1ccc(Cl)cc1. The molecule has 0 heterocycles. The molecule has 1 aromatic carbocycles. The summed E-state index contributed by atoms with van der Waals surface area (Å²) in [5.41, 5.74) is 0. The Hall–Kier alpha value is 0.710. The van der Waals surface area contributed by atoms with Gasteiger partial charge in [-0.1, -0.05) is 46.4 Å². The van der Waals surface area contributed by atoms with Crippen LogP contribution >= 0.6 is 46.4 Å². The molecule has 0 aromatic heterocycles. The lowest BCUT2D eigenvalue weighted by Crippen LogP contribution is -2.15. The van der Waals surface area contributed by atoms with Gasteiger partial charge in [-0.3, -0.25) is 0 Å². The predicted molar refractivity (Wildman–Crippen MR) is 66.6 cm³/mol. The Bertz CT molecular complexity index is 435. The Kier molecular flexibility index (Phi) is 4.52. The van der Waals surface area contributed by atoms with Crippen molar-refractivity contribution in [3.63, 3.8) is 0 Å². The highest BCUT2D eigenvalue weighted by Gasteiger charge is 2.28. The highest BCUT2D eigenvalue weighted by Crippen LogP contribution is 2.32. The van der Waals surface area contributed by atoms with Crippen molar-refractivity contribution < 1.29 is 8.39 Å². The summed E-state index contributed by atoms with van der Waals surface area (Å²) in [4.78, 5) is 0.230. The van der Waals surface area contributed by atoms with Crippen LogP contribution in [0.25, 0.3) is 0 Å². The van der Waals surface area contributed by atoms with E-state index in [0.29, 0.717) is 5.02 Å². The summed E-state index contributed by atoms with van der Waals surface area (Å²) < 4.78 is 14.3. The Morgan fingerprint density at radius 1 is 1.20 bits per heavy atom. The van der Waals surface area contributed by atoms with Crippen LogP contribution in [0.4, 0.5) is 0 Å². The fourth-order valence-electron chi connectivity index (χ4n) is 0.774. The van der Waals surface area contributed by atoms with E-state index in [1.165, 1.54) is 24.3 Å². The molecule has 0 aliphatic carbocycles. The molecular weight excluding hydrogens is 322 g/mol. The number of alkyl halides is 3. The van der Waals surface area contributed by atoms with Crippen LogP contribution in [-0.4, -0.2) is 8.19 Å². The van der Waals surface area contributed by atoms with E-state index < -0.39 is 12.8 Å². The third-order valence-corrected chi connectivity index (χ3v) is 4.16. The molecule has 0 radical (unpaired) electrons. The molecule has 0 amide bonds. The van der Waals surface area contributed by atoms with Crippen molar-refractivity contribution in [2.75, 3.05) is 0 Å². The molecule has 15 heavy (non-hydrogen) atoms. The molecule has 0 saturated carbocycles. The Balaban J connectivity index is 3.02. The van der Waals surface area contributed by atoms with Gasteiger partial charge in [0.05, 0.1) is 4.90 Å². The maximum absolute atomic E-state index is 11.8. The van der Waals surface area contributed by atoms with Gasteiger partial charge in [-0.05, 0) is 24.3 Å². The minimum Gasteiger partial charge on any atom is -0.232 e. The number of benzene rings is 1. The maximum Gasteiger partial charge on any atom is 0.310 e. The monoisotopic (exact) mass is 324 g/mol. The quantitative estimate of drug-likeness (QED) is 0.775. The second-order valence-electron chi connectivity index (χ2n) is 2.44. The van der Waals surface area contributed by atoms with Crippen LogP contribution in [0, 0.1) is 0 Å². The van der Waals surface area contributed by atoms with E-state index in [4.69, 9.17) is 57.6 Å². The number of halogens is 4. The van der Waals surface area contributed by atoms with E-state index in [-0.39, 0.29) is 4.90 Å². The fourth-order valence-corrected chi connectivity index (χ4v) is 3.49. The highest BCUT2D eigenvalue weighted by atomic mass is 35.6. The molecule has 0 bridgehead atoms. The van der Waals surface area contributed by atoms with Crippen LogP contribution in [0.2, 0.25) is 5.02 Å². The van der Waals surface area contributed by atoms with E-state index in [9.17, 15) is 4.21 Å². The average molecular weight is 326 g/mol. The van der Waals surface area contributed by atoms with Crippen molar-refractivity contribution in [3.05, 3.63) is 29.3 Å². The molecule has 1 aromatic rings. The van der Waals surface area contributed by atoms with Gasteiger partial charge in [-0.15, -0.1) is 0 Å². The molecular formula is C7H4Cl4O2S2. The van der Waals surface area contributed by atoms with Crippen LogP contribution in [-0.2, 0) is 24.1 Å². The molecule has 0 saturated heterocycles. The first-order valence-corrected chi connectivity index (χ1v) is 7.41. The summed E-state index contributed by atoms with van der Waals surface area (Å²) >= 11 is 26.4. The normalized spacial score (nSPS) is 16.0. The minimum atomic E-state index is -3.26. The average Bonchev–Trinajstić information content (AvgIpc) is 2.00. The lowest BCUT2D eigenvalue weighted by Gasteiger charge is -2.14. The zero-order valence-corrected chi connectivity index (χ0v) is 11.6. The van der Waals surface area contributed by atoms with Gasteiger partial charge in [0.2, 0.25) is 0 Å². The topological polar surface area (TPSA) is 26.3 Å². The minimum absolute atomic E-state index is 0.230. The van der Waals surface area contributed by atoms with Gasteiger partial charge in [0, 0.05) is 16.2 Å². The third kappa shape index (κ3) is 4.61. The molecule has 0 N–H and O–H groups in total. The van der Waals surface area contributed by atoms with Crippen molar-refractivity contribution in [2.45, 2.75) is 8.87 Å². The zero-order valence-electron chi connectivity index (χ0n) is 6.95. The van der Waals surface area contributed by atoms with Crippen molar-refractivity contribution in [1.29, 1.82) is 0 Å². The Morgan fingerprint density at radius 3 is 2.07 bits per heavy atom. The third-order valence-electron chi connectivity index (χ3n) is 1.31. The molecule has 0 fully saturated rings. The summed E-state index contributed by atoms with van der Waals surface area (Å²) in [5.74, 6) is 0. The van der Waals surface area contributed by atoms with E-state index in [0.717, 1.165) is 0 Å². The standard InChI is InChI=1S/C7H4Cl4O2S2/c8-5-1-3-6(4-2-5)15(12,14)13-7(9,10)11/h1-4H. The molecule has 1 atom stereocenters. The molecule has 84 valence electrons. The van der Waals surface area contributed by atoms with Crippen molar-refractivity contribution in [1.82, 2.24) is 0 Å². The van der Waals surface area contributed by atoms with E-state index in [1.54, 1.807) is 0 Å². The molecule has 1 unspecified atom stereocenters. The van der Waals surface area contributed by atoms with Crippen LogP contribution in [0.5, 0.6) is 0 Å². The summed E-state index contributed by atoms with van der Waals surface area (Å²) in [6.07, 6.45) is 0. The lowest BCUT2D eigenvalue weighted by atomic mass is 10.4. The number of hydrogen-bond donors (Lipinski definition) is 0. The van der Waals surface area contributed by atoms with E-state index >= 15 is 0 Å². The van der Waals surface area contributed by atoms with Gasteiger partial charge in [0.15, 0.2) is 8.77 Å². The summed E-state index contributed by atoms with van der Waals surface area (Å²) in [5, 5.41) is 0.484. The fraction of sp³-hybridized carbons (Fsp3) is 0.143. The summed E-state index contributed by atoms with van der Waals surface area (Å²) in [7, 11) is -3.26. The molecule has 2 nitrogen and oxygen atoms in total. The van der Waals surface area contributed by atoms with Crippen LogP contribution in [0.15, 0.2) is 29.2 Å². The molecule has 0 aliphatic heterocycles. The largest absolute Gasteiger partial charge is 0.310 e. The zero-order chi connectivity index (χ0) is 11.7.